The minimum atomic E-state index is -3.67. The molecule has 1 amide bonds. The van der Waals surface area contributed by atoms with Crippen LogP contribution >= 0.6 is 11.6 Å². The fraction of sp³-hybridized carbons (Fsp3) is 0.409. The molecule has 2 aromatic rings. The maximum absolute atomic E-state index is 12.7. The third-order valence-electron chi connectivity index (χ3n) is 5.28. The van der Waals surface area contributed by atoms with Crippen molar-refractivity contribution in [3.8, 4) is 0 Å². The molecule has 0 aliphatic carbocycles. The summed E-state index contributed by atoms with van der Waals surface area (Å²) in [5.74, 6) is -0.375. The highest BCUT2D eigenvalue weighted by atomic mass is 35.5. The Hall–Kier alpha value is -2.25. The predicted octanol–water partition coefficient (Wildman–Crippen LogP) is 3.80. The fourth-order valence-electron chi connectivity index (χ4n) is 3.74. The van der Waals surface area contributed by atoms with Crippen LogP contribution in [0, 0.1) is 0 Å². The Bertz CT molecular complexity index is 973. The van der Waals surface area contributed by atoms with Gasteiger partial charge in [-0.25, -0.2) is 8.42 Å². The summed E-state index contributed by atoms with van der Waals surface area (Å²) in [7, 11) is -3.67. The molecule has 0 saturated carbocycles. The highest BCUT2D eigenvalue weighted by Crippen LogP contribution is 2.24. The van der Waals surface area contributed by atoms with Crippen LogP contribution in [0.3, 0.4) is 0 Å². The number of amides is 1. The Kier molecular flexibility index (Phi) is 7.26. The molecule has 1 saturated heterocycles. The monoisotopic (exact) mass is 449 g/mol. The summed E-state index contributed by atoms with van der Waals surface area (Å²) < 4.78 is 25.8. The molecular formula is C22H28ClN3O3S. The third-order valence-corrected chi connectivity index (χ3v) is 6.75. The van der Waals surface area contributed by atoms with E-state index in [1.54, 1.807) is 25.1 Å². The largest absolute Gasteiger partial charge is 0.372 e. The number of benzene rings is 2. The number of nitrogens with one attached hydrogen (secondary N) is 1. The van der Waals surface area contributed by atoms with Crippen molar-refractivity contribution >= 4 is 38.9 Å². The quantitative estimate of drug-likeness (QED) is 0.698. The van der Waals surface area contributed by atoms with E-state index in [2.05, 4.69) is 22.3 Å². The van der Waals surface area contributed by atoms with Crippen molar-refractivity contribution in [1.29, 1.82) is 0 Å². The lowest BCUT2D eigenvalue weighted by Crippen LogP contribution is -2.47. The molecule has 6 nitrogen and oxygen atoms in total. The molecule has 1 fully saturated rings. The minimum absolute atomic E-state index is 0.330. The number of nitrogens with zero attached hydrogens (tertiary/aromatic N) is 2. The van der Waals surface area contributed by atoms with E-state index in [9.17, 15) is 13.2 Å². The van der Waals surface area contributed by atoms with E-state index in [0.717, 1.165) is 29.2 Å². The number of hydrogen-bond acceptors (Lipinski definition) is 4. The van der Waals surface area contributed by atoms with Crippen molar-refractivity contribution < 1.29 is 13.2 Å². The molecule has 2 aromatic carbocycles. The summed E-state index contributed by atoms with van der Waals surface area (Å²) in [4.78, 5) is 15.1. The lowest BCUT2D eigenvalue weighted by molar-refractivity contribution is -0.122. The van der Waals surface area contributed by atoms with Crippen LogP contribution in [0.5, 0.6) is 0 Å². The van der Waals surface area contributed by atoms with Crippen molar-refractivity contribution in [1.82, 2.24) is 5.32 Å². The molecule has 30 heavy (non-hydrogen) atoms. The molecule has 0 aromatic heterocycles. The smallest absolute Gasteiger partial charge is 0.243 e. The van der Waals surface area contributed by atoms with Gasteiger partial charge in [-0.05, 0) is 62.1 Å². The summed E-state index contributed by atoms with van der Waals surface area (Å²) >= 11 is 6.01. The van der Waals surface area contributed by atoms with Gasteiger partial charge < -0.3 is 10.2 Å². The van der Waals surface area contributed by atoms with E-state index in [0.29, 0.717) is 17.3 Å². The molecule has 1 atom stereocenters. The van der Waals surface area contributed by atoms with E-state index in [4.69, 9.17) is 11.6 Å². The van der Waals surface area contributed by atoms with Gasteiger partial charge in [0, 0.05) is 30.3 Å². The molecule has 8 heteroatoms. The molecular weight excluding hydrogens is 422 g/mol. The zero-order valence-corrected chi connectivity index (χ0v) is 18.9. The average molecular weight is 450 g/mol. The number of carbonyl (C=O) groups is 1. The first-order chi connectivity index (χ1) is 14.3. The zero-order valence-electron chi connectivity index (χ0n) is 17.3. The number of hydrogen-bond donors (Lipinski definition) is 1. The maximum atomic E-state index is 12.7. The van der Waals surface area contributed by atoms with Crippen molar-refractivity contribution in [3.63, 3.8) is 0 Å². The highest BCUT2D eigenvalue weighted by Gasteiger charge is 2.29. The van der Waals surface area contributed by atoms with Crippen LogP contribution in [0.25, 0.3) is 0 Å². The molecule has 0 radical (unpaired) electrons. The first-order valence-corrected chi connectivity index (χ1v) is 12.3. The number of halogens is 1. The number of sulfonamides is 1. The predicted molar refractivity (Wildman–Crippen MR) is 123 cm³/mol. The Labute approximate surface area is 183 Å². The first-order valence-electron chi connectivity index (χ1n) is 10.1. The van der Waals surface area contributed by atoms with Gasteiger partial charge in [0.15, 0.2) is 0 Å². The molecule has 1 aliphatic heterocycles. The van der Waals surface area contributed by atoms with Gasteiger partial charge in [0.25, 0.3) is 0 Å². The van der Waals surface area contributed by atoms with Gasteiger partial charge in [0.1, 0.15) is 6.04 Å². The molecule has 162 valence electrons. The fourth-order valence-corrected chi connectivity index (χ4v) is 5.09. The summed E-state index contributed by atoms with van der Waals surface area (Å²) in [5.41, 5.74) is 2.52. The van der Waals surface area contributed by atoms with Gasteiger partial charge in [0.2, 0.25) is 15.9 Å². The Morgan fingerprint density at radius 3 is 2.40 bits per heavy atom. The number of rotatable bonds is 7. The van der Waals surface area contributed by atoms with Gasteiger partial charge in [-0.15, -0.1) is 0 Å². The van der Waals surface area contributed by atoms with E-state index in [1.165, 1.54) is 31.0 Å². The lowest BCUT2D eigenvalue weighted by Gasteiger charge is -2.29. The van der Waals surface area contributed by atoms with Crippen molar-refractivity contribution in [3.05, 3.63) is 59.1 Å². The van der Waals surface area contributed by atoms with Gasteiger partial charge in [0.05, 0.1) is 11.9 Å². The van der Waals surface area contributed by atoms with Gasteiger partial charge in [-0.3, -0.25) is 9.10 Å². The Morgan fingerprint density at radius 1 is 1.13 bits per heavy atom. The van der Waals surface area contributed by atoms with Crippen LogP contribution in [0.4, 0.5) is 11.4 Å². The van der Waals surface area contributed by atoms with E-state index in [1.807, 2.05) is 12.1 Å². The van der Waals surface area contributed by atoms with Crippen LogP contribution in [-0.2, 0) is 21.4 Å². The molecule has 3 rings (SSSR count). The third kappa shape index (κ3) is 5.67. The molecule has 1 aliphatic rings. The van der Waals surface area contributed by atoms with Crippen molar-refractivity contribution in [2.75, 3.05) is 28.6 Å². The highest BCUT2D eigenvalue weighted by molar-refractivity contribution is 7.92. The standard InChI is InChI=1S/C22H28ClN3O3S/c1-17(26(30(2,28)29)21-8-6-7-19(23)15-21)22(27)24-16-18-9-11-20(12-10-18)25-13-4-3-5-14-25/h6-12,15,17H,3-5,13-14,16H2,1-2H3,(H,24,27). The molecule has 1 heterocycles. The number of anilines is 2. The minimum Gasteiger partial charge on any atom is -0.372 e. The van der Waals surface area contributed by atoms with Crippen LogP contribution in [-0.4, -0.2) is 39.7 Å². The van der Waals surface area contributed by atoms with Crippen LogP contribution in [0.1, 0.15) is 31.7 Å². The van der Waals surface area contributed by atoms with Crippen LogP contribution in [0.15, 0.2) is 48.5 Å². The number of carbonyl (C=O) groups excluding carboxylic acids is 1. The second-order valence-corrected chi connectivity index (χ2v) is 9.94. The molecule has 0 spiro atoms. The number of piperidine rings is 1. The Morgan fingerprint density at radius 2 is 1.80 bits per heavy atom. The Balaban J connectivity index is 1.65. The zero-order chi connectivity index (χ0) is 21.7. The van der Waals surface area contributed by atoms with E-state index >= 15 is 0 Å². The summed E-state index contributed by atoms with van der Waals surface area (Å²) in [6.07, 6.45) is 4.81. The maximum Gasteiger partial charge on any atom is 0.243 e. The second kappa shape index (κ2) is 9.71. The van der Waals surface area contributed by atoms with Crippen molar-refractivity contribution in [2.24, 2.45) is 0 Å². The molecule has 1 unspecified atom stereocenters. The van der Waals surface area contributed by atoms with Gasteiger partial charge in [-0.1, -0.05) is 29.8 Å². The summed E-state index contributed by atoms with van der Waals surface area (Å²) in [6, 6.07) is 13.7. The summed E-state index contributed by atoms with van der Waals surface area (Å²) in [6.45, 7) is 4.06. The van der Waals surface area contributed by atoms with E-state index in [-0.39, 0.29) is 5.91 Å². The SMILES string of the molecule is CC(C(=O)NCc1ccc(N2CCCCC2)cc1)N(c1cccc(Cl)c1)S(C)(=O)=O. The average Bonchev–Trinajstić information content (AvgIpc) is 2.72. The molecule has 1 N–H and O–H groups in total. The van der Waals surface area contributed by atoms with Crippen LogP contribution < -0.4 is 14.5 Å². The first kappa shape index (κ1) is 22.4. The van der Waals surface area contributed by atoms with Crippen LogP contribution in [0.2, 0.25) is 5.02 Å². The van der Waals surface area contributed by atoms with Gasteiger partial charge >= 0.3 is 0 Å². The van der Waals surface area contributed by atoms with E-state index < -0.39 is 16.1 Å². The van der Waals surface area contributed by atoms with Crippen molar-refractivity contribution in [2.45, 2.75) is 38.8 Å². The normalized spacial score (nSPS) is 15.5. The lowest BCUT2D eigenvalue weighted by atomic mass is 10.1. The topological polar surface area (TPSA) is 69.7 Å². The second-order valence-electron chi connectivity index (χ2n) is 7.65. The van der Waals surface area contributed by atoms with Gasteiger partial charge in [-0.2, -0.15) is 0 Å². The molecule has 0 bridgehead atoms. The summed E-state index contributed by atoms with van der Waals surface area (Å²) in [5, 5.41) is 3.25.